The van der Waals surface area contributed by atoms with Crippen molar-refractivity contribution in [3.05, 3.63) is 59.9 Å². The van der Waals surface area contributed by atoms with Gasteiger partial charge < -0.3 is 4.74 Å². The van der Waals surface area contributed by atoms with Gasteiger partial charge in [-0.05, 0) is 42.8 Å². The van der Waals surface area contributed by atoms with Gasteiger partial charge in [0.2, 0.25) is 5.78 Å². The number of nitrogens with zero attached hydrogens (tertiary/aromatic N) is 1. The Morgan fingerprint density at radius 2 is 1.82 bits per heavy atom. The van der Waals surface area contributed by atoms with Crippen LogP contribution in [0.25, 0.3) is 0 Å². The summed E-state index contributed by atoms with van der Waals surface area (Å²) in [6.45, 7) is 2.62. The van der Waals surface area contributed by atoms with Crippen LogP contribution in [-0.2, 0) is 10.0 Å². The second-order valence-corrected chi connectivity index (χ2v) is 7.74. The lowest BCUT2D eigenvalue weighted by molar-refractivity contribution is 0.106. The van der Waals surface area contributed by atoms with Gasteiger partial charge in [0.15, 0.2) is 0 Å². The normalized spacial score (nSPS) is 11.5. The van der Waals surface area contributed by atoms with Crippen LogP contribution in [-0.4, -0.2) is 27.0 Å². The molecule has 0 saturated heterocycles. The SMILES string of the molecule is CCCCCCOc1ccccc1C(=O)/C=N/NS(=O)(=O)c1ccc(F)cc1. The third kappa shape index (κ3) is 6.45. The molecule has 0 aliphatic rings. The topological polar surface area (TPSA) is 84.8 Å². The van der Waals surface area contributed by atoms with Crippen molar-refractivity contribution in [2.45, 2.75) is 37.5 Å². The maximum absolute atomic E-state index is 12.9. The fourth-order valence-corrected chi connectivity index (χ4v) is 3.19. The van der Waals surface area contributed by atoms with E-state index in [1.807, 2.05) is 4.83 Å². The van der Waals surface area contributed by atoms with Crippen molar-refractivity contribution < 1.29 is 22.3 Å². The number of nitrogens with one attached hydrogen (secondary N) is 1. The van der Waals surface area contributed by atoms with Crippen LogP contribution in [0.15, 0.2) is 58.5 Å². The number of benzene rings is 2. The molecule has 0 heterocycles. The average Bonchev–Trinajstić information content (AvgIpc) is 2.68. The molecule has 0 radical (unpaired) electrons. The van der Waals surface area contributed by atoms with Crippen molar-refractivity contribution in [1.82, 2.24) is 4.83 Å². The molecule has 2 aromatic carbocycles. The van der Waals surface area contributed by atoms with Crippen LogP contribution in [0.5, 0.6) is 5.75 Å². The maximum atomic E-state index is 12.9. The van der Waals surface area contributed by atoms with E-state index >= 15 is 0 Å². The first kappa shape index (κ1) is 21.6. The van der Waals surface area contributed by atoms with Gasteiger partial charge in [-0.1, -0.05) is 38.3 Å². The summed E-state index contributed by atoms with van der Waals surface area (Å²) in [7, 11) is -3.99. The third-order valence-electron chi connectivity index (χ3n) is 3.89. The van der Waals surface area contributed by atoms with Crippen molar-refractivity contribution >= 4 is 22.0 Å². The van der Waals surface area contributed by atoms with Crippen LogP contribution in [0.1, 0.15) is 43.0 Å². The van der Waals surface area contributed by atoms with Gasteiger partial charge in [-0.25, -0.2) is 4.39 Å². The first-order chi connectivity index (χ1) is 13.4. The first-order valence-corrected chi connectivity index (χ1v) is 10.5. The Morgan fingerprint density at radius 3 is 2.54 bits per heavy atom. The summed E-state index contributed by atoms with van der Waals surface area (Å²) in [6.07, 6.45) is 5.08. The molecule has 0 bridgehead atoms. The average molecular weight is 406 g/mol. The highest BCUT2D eigenvalue weighted by atomic mass is 32.2. The number of hydrazone groups is 1. The number of hydrogen-bond acceptors (Lipinski definition) is 5. The van der Waals surface area contributed by atoms with E-state index < -0.39 is 21.6 Å². The molecule has 0 saturated carbocycles. The molecule has 0 aliphatic carbocycles. The molecular weight excluding hydrogens is 383 g/mol. The summed E-state index contributed by atoms with van der Waals surface area (Å²) in [6, 6.07) is 11.0. The van der Waals surface area contributed by atoms with Gasteiger partial charge in [0.25, 0.3) is 10.0 Å². The van der Waals surface area contributed by atoms with Gasteiger partial charge in [0.05, 0.1) is 23.3 Å². The van der Waals surface area contributed by atoms with E-state index in [1.54, 1.807) is 24.3 Å². The fraction of sp³-hybridized carbons (Fsp3) is 0.300. The summed E-state index contributed by atoms with van der Waals surface area (Å²) in [4.78, 5) is 14.1. The van der Waals surface area contributed by atoms with Gasteiger partial charge in [-0.3, -0.25) is 4.79 Å². The van der Waals surface area contributed by atoms with Crippen LogP contribution in [0.4, 0.5) is 4.39 Å². The van der Waals surface area contributed by atoms with Crippen molar-refractivity contribution in [2.24, 2.45) is 5.10 Å². The number of unbranched alkanes of at least 4 members (excludes halogenated alkanes) is 3. The number of hydrogen-bond donors (Lipinski definition) is 1. The highest BCUT2D eigenvalue weighted by Gasteiger charge is 2.14. The Hall–Kier alpha value is -2.74. The van der Waals surface area contributed by atoms with E-state index in [0.29, 0.717) is 17.9 Å². The molecule has 0 fully saturated rings. The Balaban J connectivity index is 1.99. The zero-order valence-electron chi connectivity index (χ0n) is 15.6. The van der Waals surface area contributed by atoms with E-state index in [4.69, 9.17) is 4.74 Å². The van der Waals surface area contributed by atoms with Crippen LogP contribution in [0.2, 0.25) is 0 Å². The highest BCUT2D eigenvalue weighted by Crippen LogP contribution is 2.18. The number of carbonyl (C=O) groups is 1. The van der Waals surface area contributed by atoms with E-state index in [0.717, 1.165) is 56.2 Å². The molecule has 0 aromatic heterocycles. The third-order valence-corrected chi connectivity index (χ3v) is 5.13. The quantitative estimate of drug-likeness (QED) is 0.265. The summed E-state index contributed by atoms with van der Waals surface area (Å²) < 4.78 is 42.7. The maximum Gasteiger partial charge on any atom is 0.276 e. The summed E-state index contributed by atoms with van der Waals surface area (Å²) in [5.41, 5.74) is 0.294. The number of Topliss-reactive ketones (excluding diaryl/α,β-unsaturated/α-hetero) is 1. The number of ether oxygens (including phenoxy) is 1. The predicted molar refractivity (Wildman–Crippen MR) is 106 cm³/mol. The smallest absolute Gasteiger partial charge is 0.276 e. The van der Waals surface area contributed by atoms with Gasteiger partial charge >= 0.3 is 0 Å². The number of rotatable bonds is 11. The molecule has 2 rings (SSSR count). The molecule has 0 amide bonds. The molecule has 150 valence electrons. The Bertz CT molecular complexity index is 912. The molecule has 0 spiro atoms. The monoisotopic (exact) mass is 406 g/mol. The minimum absolute atomic E-state index is 0.158. The fourth-order valence-electron chi connectivity index (χ4n) is 2.40. The zero-order valence-corrected chi connectivity index (χ0v) is 16.4. The number of halogens is 1. The molecule has 8 heteroatoms. The van der Waals surface area contributed by atoms with Crippen molar-refractivity contribution in [3.8, 4) is 5.75 Å². The highest BCUT2D eigenvalue weighted by molar-refractivity contribution is 7.89. The van der Waals surface area contributed by atoms with E-state index in [9.17, 15) is 17.6 Å². The lowest BCUT2D eigenvalue weighted by atomic mass is 10.1. The predicted octanol–water partition coefficient (Wildman–Crippen LogP) is 3.93. The largest absolute Gasteiger partial charge is 0.493 e. The van der Waals surface area contributed by atoms with Gasteiger partial charge in [-0.15, -0.1) is 0 Å². The number of sulfonamides is 1. The minimum atomic E-state index is -3.99. The first-order valence-electron chi connectivity index (χ1n) is 9.00. The van der Waals surface area contributed by atoms with E-state index in [-0.39, 0.29) is 4.90 Å². The lowest BCUT2D eigenvalue weighted by Crippen LogP contribution is -2.19. The molecule has 0 atom stereocenters. The number of ketones is 1. The second kappa shape index (κ2) is 10.6. The van der Waals surface area contributed by atoms with E-state index in [2.05, 4.69) is 12.0 Å². The molecular formula is C20H23FN2O4S. The van der Waals surface area contributed by atoms with Crippen LogP contribution in [0, 0.1) is 5.82 Å². The zero-order chi connectivity index (χ0) is 20.4. The van der Waals surface area contributed by atoms with E-state index in [1.165, 1.54) is 0 Å². The Kier molecular flexibility index (Phi) is 8.13. The number of carbonyl (C=O) groups excluding carboxylic acids is 1. The standard InChI is InChI=1S/C20H23FN2O4S/c1-2-3-4-7-14-27-20-9-6-5-8-18(20)19(24)15-22-23-28(25,26)17-12-10-16(21)11-13-17/h5-6,8-13,15,23H,2-4,7,14H2,1H3/b22-15+. The number of para-hydroxylation sites is 1. The van der Waals surface area contributed by atoms with Gasteiger partial charge in [-0.2, -0.15) is 18.4 Å². The summed E-state index contributed by atoms with van der Waals surface area (Å²) in [5.74, 6) is -0.619. The Morgan fingerprint density at radius 1 is 1.11 bits per heavy atom. The van der Waals surface area contributed by atoms with Gasteiger partial charge in [0, 0.05) is 0 Å². The summed E-state index contributed by atoms with van der Waals surface area (Å²) >= 11 is 0. The molecule has 0 aliphatic heterocycles. The van der Waals surface area contributed by atoms with Crippen molar-refractivity contribution in [2.75, 3.05) is 6.61 Å². The second-order valence-electron chi connectivity index (χ2n) is 6.08. The molecule has 28 heavy (non-hydrogen) atoms. The molecule has 1 N–H and O–H groups in total. The lowest BCUT2D eigenvalue weighted by Gasteiger charge is -2.09. The van der Waals surface area contributed by atoms with Crippen LogP contribution >= 0.6 is 0 Å². The minimum Gasteiger partial charge on any atom is -0.493 e. The van der Waals surface area contributed by atoms with Gasteiger partial charge in [0.1, 0.15) is 11.6 Å². The summed E-state index contributed by atoms with van der Waals surface area (Å²) in [5, 5.41) is 3.52. The van der Waals surface area contributed by atoms with Crippen molar-refractivity contribution in [1.29, 1.82) is 0 Å². The van der Waals surface area contributed by atoms with Crippen LogP contribution < -0.4 is 9.57 Å². The van der Waals surface area contributed by atoms with Crippen LogP contribution in [0.3, 0.4) is 0 Å². The van der Waals surface area contributed by atoms with Crippen molar-refractivity contribution in [3.63, 3.8) is 0 Å². The molecule has 0 unspecified atom stereocenters. The Labute approximate surface area is 164 Å². The molecule has 2 aromatic rings. The molecule has 6 nitrogen and oxygen atoms in total.